The Morgan fingerprint density at radius 1 is 1.21 bits per heavy atom. The molecule has 1 aromatic heterocycles. The molecular formula is C30H29BrN4O7. The van der Waals surface area contributed by atoms with Gasteiger partial charge in [-0.25, -0.2) is 9.78 Å². The fraction of sp³-hybridized carbons (Fsp3) is 0.267. The van der Waals surface area contributed by atoms with Gasteiger partial charge >= 0.3 is 11.7 Å². The van der Waals surface area contributed by atoms with Crippen LogP contribution in [0.15, 0.2) is 62.9 Å². The average molecular weight is 637 g/mol. The van der Waals surface area contributed by atoms with Gasteiger partial charge in [0.1, 0.15) is 5.75 Å². The van der Waals surface area contributed by atoms with Gasteiger partial charge in [0.05, 0.1) is 28.6 Å². The third-order valence-electron chi connectivity index (χ3n) is 6.49. The fourth-order valence-corrected chi connectivity index (χ4v) is 4.85. The first-order chi connectivity index (χ1) is 19.9. The SMILES string of the molecule is CCOc1cc(C)c(-c2nc3ccccc3c(=O)n2N=Cc2cc(Br)cc([N+](=O)[O-])c2O[C@H](C)C(=O)O)cc1C(C)C. The summed E-state index contributed by atoms with van der Waals surface area (Å²) >= 11 is 3.25. The number of aromatic nitrogens is 2. The van der Waals surface area contributed by atoms with E-state index in [2.05, 4.69) is 21.0 Å². The molecule has 0 bridgehead atoms. The van der Waals surface area contributed by atoms with Crippen molar-refractivity contribution in [2.45, 2.75) is 46.6 Å². The second-order valence-corrected chi connectivity index (χ2v) is 10.7. The predicted molar refractivity (Wildman–Crippen MR) is 163 cm³/mol. The number of ether oxygens (including phenoxy) is 2. The maximum absolute atomic E-state index is 13.8. The number of nitro groups is 1. The van der Waals surface area contributed by atoms with Crippen molar-refractivity contribution in [2.75, 3.05) is 6.61 Å². The Morgan fingerprint density at radius 2 is 1.93 bits per heavy atom. The molecule has 3 aromatic carbocycles. The lowest BCUT2D eigenvalue weighted by Gasteiger charge is -2.18. The second kappa shape index (κ2) is 12.5. The number of carboxylic acids is 1. The van der Waals surface area contributed by atoms with Gasteiger partial charge in [-0.3, -0.25) is 14.9 Å². The number of halogens is 1. The maximum Gasteiger partial charge on any atom is 0.344 e. The van der Waals surface area contributed by atoms with Gasteiger partial charge in [-0.05, 0) is 68.1 Å². The highest BCUT2D eigenvalue weighted by Gasteiger charge is 2.25. The van der Waals surface area contributed by atoms with E-state index in [1.54, 1.807) is 24.3 Å². The largest absolute Gasteiger partial charge is 0.494 e. The molecule has 0 aliphatic carbocycles. The number of nitro benzene ring substituents is 1. The average Bonchev–Trinajstić information content (AvgIpc) is 2.93. The van der Waals surface area contributed by atoms with Gasteiger partial charge in [-0.1, -0.05) is 41.9 Å². The minimum absolute atomic E-state index is 0.0847. The first-order valence-corrected chi connectivity index (χ1v) is 13.9. The summed E-state index contributed by atoms with van der Waals surface area (Å²) in [5.41, 5.74) is 2.01. The number of rotatable bonds is 10. The van der Waals surface area contributed by atoms with E-state index >= 15 is 0 Å². The van der Waals surface area contributed by atoms with Crippen molar-refractivity contribution in [3.8, 4) is 22.9 Å². The lowest BCUT2D eigenvalue weighted by molar-refractivity contribution is -0.386. The fourth-order valence-electron chi connectivity index (χ4n) is 4.38. The molecule has 1 N–H and O–H groups in total. The molecule has 0 unspecified atom stereocenters. The molecule has 12 heteroatoms. The number of fused-ring (bicyclic) bond motifs is 1. The van der Waals surface area contributed by atoms with Crippen molar-refractivity contribution in [3.63, 3.8) is 0 Å². The Labute approximate surface area is 249 Å². The number of carboxylic acid groups (broad SMARTS) is 1. The molecule has 42 heavy (non-hydrogen) atoms. The van der Waals surface area contributed by atoms with Gasteiger partial charge in [0.15, 0.2) is 11.9 Å². The molecule has 1 atom stereocenters. The summed E-state index contributed by atoms with van der Waals surface area (Å²) in [4.78, 5) is 41.2. The van der Waals surface area contributed by atoms with E-state index in [0.29, 0.717) is 27.5 Å². The quantitative estimate of drug-likeness (QED) is 0.121. The number of carbonyl (C=O) groups is 1. The van der Waals surface area contributed by atoms with Crippen molar-refractivity contribution in [1.82, 2.24) is 9.66 Å². The summed E-state index contributed by atoms with van der Waals surface area (Å²) in [5.74, 6) is -0.511. The number of nitrogens with zero attached hydrogens (tertiary/aromatic N) is 4. The van der Waals surface area contributed by atoms with Crippen LogP contribution in [-0.2, 0) is 4.79 Å². The van der Waals surface area contributed by atoms with Crippen LogP contribution in [0.1, 0.15) is 50.3 Å². The van der Waals surface area contributed by atoms with Gasteiger partial charge in [-0.15, -0.1) is 0 Å². The van der Waals surface area contributed by atoms with Crippen molar-refractivity contribution >= 4 is 44.7 Å². The lowest BCUT2D eigenvalue weighted by Crippen LogP contribution is -2.24. The molecule has 11 nitrogen and oxygen atoms in total. The molecule has 0 fully saturated rings. The van der Waals surface area contributed by atoms with E-state index in [-0.39, 0.29) is 23.1 Å². The van der Waals surface area contributed by atoms with Crippen LogP contribution in [0.2, 0.25) is 0 Å². The molecular weight excluding hydrogens is 608 g/mol. The number of hydrogen-bond donors (Lipinski definition) is 1. The smallest absolute Gasteiger partial charge is 0.344 e. The Hall–Kier alpha value is -4.58. The third kappa shape index (κ3) is 6.18. The van der Waals surface area contributed by atoms with Crippen molar-refractivity contribution in [3.05, 3.63) is 90.2 Å². The molecule has 0 amide bonds. The minimum atomic E-state index is -1.39. The van der Waals surface area contributed by atoms with Crippen LogP contribution in [0.25, 0.3) is 22.3 Å². The van der Waals surface area contributed by atoms with Crippen LogP contribution in [0.5, 0.6) is 11.5 Å². The minimum Gasteiger partial charge on any atom is -0.494 e. The number of hydrogen-bond acceptors (Lipinski definition) is 8. The van der Waals surface area contributed by atoms with E-state index in [4.69, 9.17) is 14.5 Å². The van der Waals surface area contributed by atoms with E-state index < -0.39 is 28.2 Å². The lowest BCUT2D eigenvalue weighted by atomic mass is 9.96. The Balaban J connectivity index is 2.00. The van der Waals surface area contributed by atoms with Gasteiger partial charge in [0.2, 0.25) is 5.75 Å². The topological polar surface area (TPSA) is 146 Å². The number of benzene rings is 3. The molecule has 0 spiro atoms. The molecule has 4 aromatic rings. The number of aryl methyl sites for hydroxylation is 1. The highest BCUT2D eigenvalue weighted by Crippen LogP contribution is 2.36. The van der Waals surface area contributed by atoms with E-state index in [9.17, 15) is 24.8 Å². The normalized spacial score (nSPS) is 12.2. The molecule has 218 valence electrons. The highest BCUT2D eigenvalue weighted by molar-refractivity contribution is 9.10. The molecule has 0 saturated heterocycles. The molecule has 0 aliphatic rings. The van der Waals surface area contributed by atoms with Gasteiger partial charge in [0, 0.05) is 21.7 Å². The van der Waals surface area contributed by atoms with E-state index in [0.717, 1.165) is 21.6 Å². The number of aliphatic carboxylic acids is 1. The Kier molecular flexibility index (Phi) is 9.05. The van der Waals surface area contributed by atoms with Crippen LogP contribution >= 0.6 is 15.9 Å². The van der Waals surface area contributed by atoms with Crippen LogP contribution < -0.4 is 15.0 Å². The van der Waals surface area contributed by atoms with E-state index in [1.807, 2.05) is 39.8 Å². The predicted octanol–water partition coefficient (Wildman–Crippen LogP) is 6.30. The van der Waals surface area contributed by atoms with Crippen molar-refractivity contribution in [1.29, 1.82) is 0 Å². The van der Waals surface area contributed by atoms with Crippen LogP contribution in [0.3, 0.4) is 0 Å². The standard InChI is InChI=1S/C30H29BrN4O7/c1-6-41-26-11-17(4)23(14-22(26)16(2)3)28-33-24-10-8-7-9-21(24)29(36)34(28)32-15-19-12-20(31)13-25(35(39)40)27(19)42-18(5)30(37)38/h7-16,18H,6H2,1-5H3,(H,37,38)/t18-/m1/s1. The molecule has 4 rings (SSSR count). The summed E-state index contributed by atoms with van der Waals surface area (Å²) < 4.78 is 12.8. The Morgan fingerprint density at radius 3 is 2.57 bits per heavy atom. The van der Waals surface area contributed by atoms with Crippen LogP contribution in [0.4, 0.5) is 5.69 Å². The zero-order valence-electron chi connectivity index (χ0n) is 23.6. The monoisotopic (exact) mass is 636 g/mol. The first-order valence-electron chi connectivity index (χ1n) is 13.1. The molecule has 0 saturated carbocycles. The Bertz CT molecular complexity index is 1780. The summed E-state index contributed by atoms with van der Waals surface area (Å²) in [6, 6.07) is 13.4. The van der Waals surface area contributed by atoms with Crippen molar-refractivity contribution in [2.24, 2.45) is 5.10 Å². The first kappa shape index (κ1) is 30.4. The van der Waals surface area contributed by atoms with Gasteiger partial charge in [-0.2, -0.15) is 9.78 Å². The van der Waals surface area contributed by atoms with Crippen LogP contribution in [-0.4, -0.2) is 44.6 Å². The van der Waals surface area contributed by atoms with Gasteiger partial charge < -0.3 is 14.6 Å². The third-order valence-corrected chi connectivity index (χ3v) is 6.95. The second-order valence-electron chi connectivity index (χ2n) is 9.81. The summed E-state index contributed by atoms with van der Waals surface area (Å²) in [5, 5.41) is 26.0. The molecule has 0 aliphatic heterocycles. The zero-order valence-corrected chi connectivity index (χ0v) is 25.2. The van der Waals surface area contributed by atoms with Crippen molar-refractivity contribution < 1.29 is 24.3 Å². The number of para-hydroxylation sites is 1. The summed E-state index contributed by atoms with van der Waals surface area (Å²) in [6.45, 7) is 9.61. The molecule has 1 heterocycles. The molecule has 0 radical (unpaired) electrons. The highest BCUT2D eigenvalue weighted by atomic mass is 79.9. The maximum atomic E-state index is 13.8. The van der Waals surface area contributed by atoms with Crippen LogP contribution in [0, 0.1) is 17.0 Å². The van der Waals surface area contributed by atoms with E-state index in [1.165, 1.54) is 25.3 Å². The summed E-state index contributed by atoms with van der Waals surface area (Å²) in [7, 11) is 0. The zero-order chi connectivity index (χ0) is 30.7. The van der Waals surface area contributed by atoms with Gasteiger partial charge in [0.25, 0.3) is 5.56 Å². The summed E-state index contributed by atoms with van der Waals surface area (Å²) in [6.07, 6.45) is -0.172.